The van der Waals surface area contributed by atoms with Crippen molar-refractivity contribution >= 4 is 18.3 Å². The van der Waals surface area contributed by atoms with Gasteiger partial charge in [0, 0.05) is 6.42 Å². The highest BCUT2D eigenvalue weighted by Gasteiger charge is 2.08. The Morgan fingerprint density at radius 2 is 2.20 bits per heavy atom. The third-order valence-corrected chi connectivity index (χ3v) is 2.07. The number of carbonyl (C=O) groups excluding carboxylic acids is 1. The summed E-state index contributed by atoms with van der Waals surface area (Å²) in [6, 6.07) is 5.10. The molecule has 0 aliphatic rings. The standard InChI is InChI=1S/C12H12O3/c1-9-5-4-7-11(12(14)15)10(9)6-2-3-8-13/h2,4-8H,3H2,1H3,(H,14,15). The van der Waals surface area contributed by atoms with Crippen molar-refractivity contribution in [1.82, 2.24) is 0 Å². The Bertz CT molecular complexity index is 405. The lowest BCUT2D eigenvalue weighted by Gasteiger charge is -2.04. The Labute approximate surface area is 88.0 Å². The summed E-state index contributed by atoms with van der Waals surface area (Å²) in [6.45, 7) is 1.84. The van der Waals surface area contributed by atoms with E-state index in [-0.39, 0.29) is 5.56 Å². The molecule has 15 heavy (non-hydrogen) atoms. The van der Waals surface area contributed by atoms with E-state index in [9.17, 15) is 9.59 Å². The molecule has 0 bridgehead atoms. The topological polar surface area (TPSA) is 54.4 Å². The summed E-state index contributed by atoms with van der Waals surface area (Å²) in [4.78, 5) is 21.0. The van der Waals surface area contributed by atoms with E-state index in [1.807, 2.05) is 13.0 Å². The second-order valence-electron chi connectivity index (χ2n) is 3.15. The summed E-state index contributed by atoms with van der Waals surface area (Å²) in [6.07, 6.45) is 4.40. The van der Waals surface area contributed by atoms with Crippen LogP contribution in [-0.4, -0.2) is 17.4 Å². The number of carboxylic acid groups (broad SMARTS) is 1. The molecule has 0 unspecified atom stereocenters. The first kappa shape index (κ1) is 11.2. The minimum atomic E-state index is -0.954. The highest BCUT2D eigenvalue weighted by Crippen LogP contribution is 2.16. The van der Waals surface area contributed by atoms with Crippen molar-refractivity contribution in [1.29, 1.82) is 0 Å². The van der Waals surface area contributed by atoms with Crippen LogP contribution in [-0.2, 0) is 4.79 Å². The van der Waals surface area contributed by atoms with Crippen LogP contribution in [0.3, 0.4) is 0 Å². The molecule has 0 aromatic heterocycles. The molecule has 3 nitrogen and oxygen atoms in total. The van der Waals surface area contributed by atoms with Gasteiger partial charge in [0.1, 0.15) is 6.29 Å². The van der Waals surface area contributed by atoms with Crippen molar-refractivity contribution in [3.05, 3.63) is 41.0 Å². The van der Waals surface area contributed by atoms with E-state index in [1.165, 1.54) is 0 Å². The van der Waals surface area contributed by atoms with Gasteiger partial charge in [0.2, 0.25) is 0 Å². The molecule has 0 aliphatic carbocycles. The van der Waals surface area contributed by atoms with E-state index >= 15 is 0 Å². The summed E-state index contributed by atoms with van der Waals surface area (Å²) in [7, 11) is 0. The van der Waals surface area contributed by atoms with Crippen LogP contribution >= 0.6 is 0 Å². The fraction of sp³-hybridized carbons (Fsp3) is 0.167. The minimum Gasteiger partial charge on any atom is -0.478 e. The lowest BCUT2D eigenvalue weighted by molar-refractivity contribution is -0.107. The molecular formula is C12H12O3. The van der Waals surface area contributed by atoms with E-state index in [1.54, 1.807) is 24.3 Å². The van der Waals surface area contributed by atoms with Gasteiger partial charge in [-0.3, -0.25) is 0 Å². The molecule has 0 heterocycles. The van der Waals surface area contributed by atoms with Crippen LogP contribution in [0.4, 0.5) is 0 Å². The van der Waals surface area contributed by atoms with Gasteiger partial charge >= 0.3 is 5.97 Å². The molecule has 0 saturated carbocycles. The van der Waals surface area contributed by atoms with E-state index in [0.29, 0.717) is 12.0 Å². The van der Waals surface area contributed by atoms with Crippen LogP contribution in [0.5, 0.6) is 0 Å². The Morgan fingerprint density at radius 3 is 2.80 bits per heavy atom. The second kappa shape index (κ2) is 5.10. The van der Waals surface area contributed by atoms with Crippen molar-refractivity contribution in [3.63, 3.8) is 0 Å². The number of aromatic carboxylic acids is 1. The van der Waals surface area contributed by atoms with Crippen molar-refractivity contribution in [3.8, 4) is 0 Å². The molecule has 0 amide bonds. The average Bonchev–Trinajstić information content (AvgIpc) is 2.20. The van der Waals surface area contributed by atoms with Gasteiger partial charge in [0.05, 0.1) is 5.56 Å². The molecule has 0 radical (unpaired) electrons. The number of hydrogen-bond acceptors (Lipinski definition) is 2. The van der Waals surface area contributed by atoms with Gasteiger partial charge in [0.15, 0.2) is 0 Å². The van der Waals surface area contributed by atoms with Gasteiger partial charge in [-0.1, -0.05) is 24.3 Å². The molecule has 0 spiro atoms. The van der Waals surface area contributed by atoms with Crippen LogP contribution in [0, 0.1) is 6.92 Å². The number of carboxylic acids is 1. The smallest absolute Gasteiger partial charge is 0.336 e. The number of benzene rings is 1. The minimum absolute atomic E-state index is 0.261. The predicted octanol–water partition coefficient (Wildman–Crippen LogP) is 2.30. The van der Waals surface area contributed by atoms with E-state index < -0.39 is 5.97 Å². The van der Waals surface area contributed by atoms with Gasteiger partial charge in [-0.15, -0.1) is 0 Å². The summed E-state index contributed by atoms with van der Waals surface area (Å²) in [5.74, 6) is -0.954. The normalized spacial score (nSPS) is 10.5. The second-order valence-corrected chi connectivity index (χ2v) is 3.15. The number of carbonyl (C=O) groups is 2. The van der Waals surface area contributed by atoms with Gasteiger partial charge in [-0.2, -0.15) is 0 Å². The zero-order valence-electron chi connectivity index (χ0n) is 8.43. The zero-order chi connectivity index (χ0) is 11.3. The maximum atomic E-state index is 10.9. The van der Waals surface area contributed by atoms with E-state index in [2.05, 4.69) is 0 Å². The van der Waals surface area contributed by atoms with Gasteiger partial charge in [-0.05, 0) is 24.1 Å². The van der Waals surface area contributed by atoms with Crippen molar-refractivity contribution < 1.29 is 14.7 Å². The Kier molecular flexibility index (Phi) is 3.80. The number of hydrogen-bond donors (Lipinski definition) is 1. The highest BCUT2D eigenvalue weighted by atomic mass is 16.4. The van der Waals surface area contributed by atoms with Gasteiger partial charge in [-0.25, -0.2) is 4.79 Å². The van der Waals surface area contributed by atoms with Gasteiger partial charge < -0.3 is 9.90 Å². The maximum absolute atomic E-state index is 10.9. The lowest BCUT2D eigenvalue weighted by Crippen LogP contribution is -2.00. The summed E-state index contributed by atoms with van der Waals surface area (Å²) in [5, 5.41) is 8.94. The monoisotopic (exact) mass is 204 g/mol. The van der Waals surface area contributed by atoms with Crippen LogP contribution in [0.15, 0.2) is 24.3 Å². The van der Waals surface area contributed by atoms with Crippen molar-refractivity contribution in [2.45, 2.75) is 13.3 Å². The number of rotatable bonds is 4. The molecule has 3 heteroatoms. The Balaban J connectivity index is 3.13. The first-order valence-electron chi connectivity index (χ1n) is 4.60. The third-order valence-electron chi connectivity index (χ3n) is 2.07. The molecular weight excluding hydrogens is 192 g/mol. The molecule has 0 aliphatic heterocycles. The SMILES string of the molecule is Cc1cccc(C(=O)O)c1C=CCC=O. The quantitative estimate of drug-likeness (QED) is 0.765. The van der Waals surface area contributed by atoms with Gasteiger partial charge in [0.25, 0.3) is 0 Å². The largest absolute Gasteiger partial charge is 0.478 e. The molecule has 1 aromatic rings. The Morgan fingerprint density at radius 1 is 1.47 bits per heavy atom. The molecule has 78 valence electrons. The molecule has 0 fully saturated rings. The fourth-order valence-electron chi connectivity index (χ4n) is 1.33. The molecule has 0 atom stereocenters. The summed E-state index contributed by atoms with van der Waals surface area (Å²) >= 11 is 0. The molecule has 1 aromatic carbocycles. The number of allylic oxidation sites excluding steroid dienone is 1. The van der Waals surface area contributed by atoms with Crippen LogP contribution in [0.1, 0.15) is 27.9 Å². The average molecular weight is 204 g/mol. The number of aryl methyl sites for hydroxylation is 1. The molecule has 0 saturated heterocycles. The first-order chi connectivity index (χ1) is 7.16. The Hall–Kier alpha value is -1.90. The fourth-order valence-corrected chi connectivity index (χ4v) is 1.33. The third kappa shape index (κ3) is 2.77. The van der Waals surface area contributed by atoms with Crippen molar-refractivity contribution in [2.24, 2.45) is 0 Å². The number of aldehydes is 1. The highest BCUT2D eigenvalue weighted by molar-refractivity contribution is 5.92. The summed E-state index contributed by atoms with van der Waals surface area (Å²) in [5.41, 5.74) is 1.81. The van der Waals surface area contributed by atoms with E-state index in [4.69, 9.17) is 5.11 Å². The maximum Gasteiger partial charge on any atom is 0.336 e. The predicted molar refractivity (Wildman–Crippen MR) is 57.9 cm³/mol. The van der Waals surface area contributed by atoms with Crippen LogP contribution < -0.4 is 0 Å². The van der Waals surface area contributed by atoms with E-state index in [0.717, 1.165) is 11.8 Å². The molecule has 1 N–H and O–H groups in total. The first-order valence-corrected chi connectivity index (χ1v) is 4.60. The van der Waals surface area contributed by atoms with Crippen LogP contribution in [0.25, 0.3) is 6.08 Å². The molecule has 1 rings (SSSR count). The zero-order valence-corrected chi connectivity index (χ0v) is 8.43. The summed E-state index contributed by atoms with van der Waals surface area (Å²) < 4.78 is 0. The van der Waals surface area contributed by atoms with Crippen molar-refractivity contribution in [2.75, 3.05) is 0 Å². The lowest BCUT2D eigenvalue weighted by atomic mass is 10.0. The van der Waals surface area contributed by atoms with Crippen LogP contribution in [0.2, 0.25) is 0 Å².